The number of cyclic esters (lactones) is 1. The summed E-state index contributed by atoms with van der Waals surface area (Å²) in [4.78, 5) is 22.9. The maximum Gasteiger partial charge on any atom is 0.424 e. The van der Waals surface area contributed by atoms with Gasteiger partial charge in [-0.1, -0.05) is 12.1 Å². The Balaban J connectivity index is 1.78. The van der Waals surface area contributed by atoms with Crippen molar-refractivity contribution in [2.45, 2.75) is 19.8 Å². The highest BCUT2D eigenvalue weighted by molar-refractivity contribution is 5.89. The molecule has 0 aromatic heterocycles. The van der Waals surface area contributed by atoms with Crippen LogP contribution in [0, 0.1) is 0 Å². The number of carbonyl (C=O) groups excluding carboxylic acids is 2. The number of hydrazine groups is 1. The molecule has 0 saturated carbocycles. The maximum absolute atomic E-state index is 11.5. The summed E-state index contributed by atoms with van der Waals surface area (Å²) in [5.41, 5.74) is 4.67. The molecule has 21 heavy (non-hydrogen) atoms. The zero-order chi connectivity index (χ0) is 15.1. The number of hydrogen-bond acceptors (Lipinski definition) is 5. The number of rotatable bonds is 6. The van der Waals surface area contributed by atoms with Crippen molar-refractivity contribution in [2.75, 3.05) is 26.3 Å². The van der Waals surface area contributed by atoms with Crippen LogP contribution in [-0.4, -0.2) is 43.4 Å². The quantitative estimate of drug-likeness (QED) is 0.809. The fourth-order valence-electron chi connectivity index (χ4n) is 2.09. The van der Waals surface area contributed by atoms with Crippen LogP contribution in [0.4, 0.5) is 4.79 Å². The SMILES string of the molecule is CCOC(=O)c1ccc(CCCN2NCCOC2=O)cc1. The number of aryl methyl sites for hydroxylation is 1. The van der Waals surface area contributed by atoms with Crippen molar-refractivity contribution in [3.63, 3.8) is 0 Å². The third-order valence-corrected chi connectivity index (χ3v) is 3.16. The van der Waals surface area contributed by atoms with Gasteiger partial charge in [-0.25, -0.2) is 20.0 Å². The molecule has 6 nitrogen and oxygen atoms in total. The number of benzene rings is 1. The van der Waals surface area contributed by atoms with E-state index in [9.17, 15) is 9.59 Å². The second-order valence-corrected chi connectivity index (χ2v) is 4.70. The molecule has 0 bridgehead atoms. The van der Waals surface area contributed by atoms with Gasteiger partial charge in [0.2, 0.25) is 0 Å². The van der Waals surface area contributed by atoms with Crippen molar-refractivity contribution in [3.05, 3.63) is 35.4 Å². The van der Waals surface area contributed by atoms with Gasteiger partial charge in [-0.05, 0) is 37.5 Å². The molecule has 6 heteroatoms. The van der Waals surface area contributed by atoms with Crippen molar-refractivity contribution >= 4 is 12.1 Å². The summed E-state index contributed by atoms with van der Waals surface area (Å²) in [5.74, 6) is -0.302. The molecule has 1 aliphatic rings. The largest absolute Gasteiger partial charge is 0.462 e. The van der Waals surface area contributed by atoms with Crippen molar-refractivity contribution in [1.82, 2.24) is 10.4 Å². The van der Waals surface area contributed by atoms with E-state index in [0.717, 1.165) is 18.4 Å². The summed E-state index contributed by atoms with van der Waals surface area (Å²) < 4.78 is 9.87. The Labute approximate surface area is 124 Å². The topological polar surface area (TPSA) is 67.9 Å². The summed E-state index contributed by atoms with van der Waals surface area (Å²) >= 11 is 0. The van der Waals surface area contributed by atoms with Crippen molar-refractivity contribution in [2.24, 2.45) is 0 Å². The molecule has 1 aromatic rings. The Hall–Kier alpha value is -2.08. The van der Waals surface area contributed by atoms with Gasteiger partial charge in [0.25, 0.3) is 0 Å². The molecule has 1 fully saturated rings. The molecule has 0 radical (unpaired) electrons. The monoisotopic (exact) mass is 292 g/mol. The minimum absolute atomic E-state index is 0.302. The molecule has 1 heterocycles. The first-order valence-corrected chi connectivity index (χ1v) is 7.14. The molecule has 1 aliphatic heterocycles. The highest BCUT2D eigenvalue weighted by Crippen LogP contribution is 2.09. The number of nitrogens with zero attached hydrogens (tertiary/aromatic N) is 1. The molecule has 0 aliphatic carbocycles. The summed E-state index contributed by atoms with van der Waals surface area (Å²) in [6.07, 6.45) is 1.33. The first kappa shape index (κ1) is 15.3. The van der Waals surface area contributed by atoms with E-state index in [1.807, 2.05) is 12.1 Å². The summed E-state index contributed by atoms with van der Waals surface area (Å²) in [7, 11) is 0. The number of carbonyl (C=O) groups is 2. The molecule has 2 rings (SSSR count). The molecule has 1 amide bonds. The summed E-state index contributed by atoms with van der Waals surface area (Å²) in [5, 5.41) is 1.50. The second-order valence-electron chi connectivity index (χ2n) is 4.70. The molecular formula is C15H20N2O4. The van der Waals surface area contributed by atoms with Gasteiger partial charge in [0.15, 0.2) is 0 Å². The average Bonchev–Trinajstić information content (AvgIpc) is 2.50. The van der Waals surface area contributed by atoms with Crippen LogP contribution in [0.2, 0.25) is 0 Å². The van der Waals surface area contributed by atoms with Gasteiger partial charge in [0, 0.05) is 13.1 Å². The number of amides is 1. The number of nitrogens with one attached hydrogen (secondary N) is 1. The third kappa shape index (κ3) is 4.46. The Kier molecular flexibility index (Phi) is 5.57. The molecule has 1 saturated heterocycles. The lowest BCUT2D eigenvalue weighted by Gasteiger charge is -2.27. The lowest BCUT2D eigenvalue weighted by Crippen LogP contribution is -2.49. The van der Waals surface area contributed by atoms with E-state index in [4.69, 9.17) is 9.47 Å². The molecule has 114 valence electrons. The van der Waals surface area contributed by atoms with Crippen molar-refractivity contribution < 1.29 is 19.1 Å². The Morgan fingerprint density at radius 3 is 2.81 bits per heavy atom. The summed E-state index contributed by atoms with van der Waals surface area (Å²) in [6, 6.07) is 7.35. The van der Waals surface area contributed by atoms with Gasteiger partial charge in [0.1, 0.15) is 6.61 Å². The summed E-state index contributed by atoms with van der Waals surface area (Å²) in [6.45, 7) is 3.83. The fraction of sp³-hybridized carbons (Fsp3) is 0.467. The Morgan fingerprint density at radius 1 is 1.38 bits per heavy atom. The van der Waals surface area contributed by atoms with E-state index in [2.05, 4.69) is 5.43 Å². The van der Waals surface area contributed by atoms with E-state index in [-0.39, 0.29) is 12.1 Å². The van der Waals surface area contributed by atoms with Crippen molar-refractivity contribution in [3.8, 4) is 0 Å². The van der Waals surface area contributed by atoms with E-state index in [0.29, 0.717) is 31.9 Å². The molecule has 0 unspecified atom stereocenters. The fourth-order valence-corrected chi connectivity index (χ4v) is 2.09. The highest BCUT2D eigenvalue weighted by Gasteiger charge is 2.18. The molecule has 1 N–H and O–H groups in total. The molecule has 0 atom stereocenters. The first-order valence-electron chi connectivity index (χ1n) is 7.14. The number of esters is 1. The Morgan fingerprint density at radius 2 is 2.14 bits per heavy atom. The predicted molar refractivity (Wildman–Crippen MR) is 76.8 cm³/mol. The predicted octanol–water partition coefficient (Wildman–Crippen LogP) is 1.75. The van der Waals surface area contributed by atoms with Crippen LogP contribution in [0.15, 0.2) is 24.3 Å². The standard InChI is InChI=1S/C15H20N2O4/c1-2-20-14(18)13-7-5-12(6-8-13)4-3-10-17-15(19)21-11-9-16-17/h5-8,16H,2-4,9-11H2,1H3. The second kappa shape index (κ2) is 7.64. The van der Waals surface area contributed by atoms with Gasteiger partial charge < -0.3 is 9.47 Å². The van der Waals surface area contributed by atoms with Gasteiger partial charge >= 0.3 is 12.1 Å². The number of hydrogen-bond donors (Lipinski definition) is 1. The van der Waals surface area contributed by atoms with Crippen LogP contribution in [-0.2, 0) is 15.9 Å². The van der Waals surface area contributed by atoms with Crippen LogP contribution in [0.1, 0.15) is 29.3 Å². The zero-order valence-electron chi connectivity index (χ0n) is 12.1. The average molecular weight is 292 g/mol. The smallest absolute Gasteiger partial charge is 0.424 e. The minimum Gasteiger partial charge on any atom is -0.462 e. The van der Waals surface area contributed by atoms with Crippen molar-refractivity contribution in [1.29, 1.82) is 0 Å². The third-order valence-electron chi connectivity index (χ3n) is 3.16. The van der Waals surface area contributed by atoms with Crippen LogP contribution >= 0.6 is 0 Å². The molecule has 1 aromatic carbocycles. The van der Waals surface area contributed by atoms with Gasteiger partial charge in [0.05, 0.1) is 12.2 Å². The molecular weight excluding hydrogens is 272 g/mol. The van der Waals surface area contributed by atoms with Gasteiger partial charge in [-0.15, -0.1) is 0 Å². The highest BCUT2D eigenvalue weighted by atomic mass is 16.6. The van der Waals surface area contributed by atoms with Gasteiger partial charge in [-0.3, -0.25) is 0 Å². The minimum atomic E-state index is -0.320. The van der Waals surface area contributed by atoms with Crippen LogP contribution in [0.25, 0.3) is 0 Å². The van der Waals surface area contributed by atoms with Crippen LogP contribution in [0.5, 0.6) is 0 Å². The normalized spacial score (nSPS) is 14.7. The lowest BCUT2D eigenvalue weighted by molar-refractivity contribution is 0.0478. The van der Waals surface area contributed by atoms with E-state index in [1.165, 1.54) is 5.01 Å². The zero-order valence-corrected chi connectivity index (χ0v) is 12.1. The lowest BCUT2D eigenvalue weighted by atomic mass is 10.1. The van der Waals surface area contributed by atoms with E-state index >= 15 is 0 Å². The van der Waals surface area contributed by atoms with Crippen LogP contribution in [0.3, 0.4) is 0 Å². The first-order chi connectivity index (χ1) is 10.2. The number of ether oxygens (including phenoxy) is 2. The van der Waals surface area contributed by atoms with E-state index < -0.39 is 0 Å². The van der Waals surface area contributed by atoms with Gasteiger partial charge in [-0.2, -0.15) is 0 Å². The Bertz CT molecular complexity index is 487. The van der Waals surface area contributed by atoms with Crippen LogP contribution < -0.4 is 5.43 Å². The molecule has 0 spiro atoms. The van der Waals surface area contributed by atoms with E-state index in [1.54, 1.807) is 19.1 Å². The maximum atomic E-state index is 11.5.